The van der Waals surface area contributed by atoms with E-state index in [-0.39, 0.29) is 24.1 Å². The molecular formula is C21H18FN3O2S. The maximum atomic E-state index is 13.2. The van der Waals surface area contributed by atoms with Crippen LogP contribution in [0.3, 0.4) is 0 Å². The van der Waals surface area contributed by atoms with Gasteiger partial charge in [-0.05, 0) is 42.0 Å². The summed E-state index contributed by atoms with van der Waals surface area (Å²) in [6.07, 6.45) is 0.234. The number of fused-ring (bicyclic) bond motifs is 1. The van der Waals surface area contributed by atoms with Crippen LogP contribution in [-0.2, 0) is 4.79 Å². The number of carbonyl (C=O) groups is 1. The molecule has 0 unspecified atom stereocenters. The Balaban J connectivity index is 1.66. The van der Waals surface area contributed by atoms with Crippen molar-refractivity contribution in [1.82, 2.24) is 4.90 Å². The minimum atomic E-state index is -0.295. The Morgan fingerprint density at radius 2 is 2.04 bits per heavy atom. The molecule has 2 aliphatic heterocycles. The summed E-state index contributed by atoms with van der Waals surface area (Å²) < 4.78 is 18.5. The number of carbonyl (C=O) groups excluding carboxylic acids is 1. The van der Waals surface area contributed by atoms with Crippen molar-refractivity contribution in [2.45, 2.75) is 12.3 Å². The molecular weight excluding hydrogens is 377 g/mol. The Bertz CT molecular complexity index is 984. The first-order valence-electron chi connectivity index (χ1n) is 8.82. The molecule has 1 amide bonds. The van der Waals surface area contributed by atoms with Crippen LogP contribution in [-0.4, -0.2) is 30.5 Å². The lowest BCUT2D eigenvalue weighted by Crippen LogP contribution is -2.47. The highest BCUT2D eigenvalue weighted by Gasteiger charge is 2.38. The minimum absolute atomic E-state index is 0.0267. The van der Waals surface area contributed by atoms with Gasteiger partial charge in [0.25, 0.3) is 0 Å². The first-order valence-corrected chi connectivity index (χ1v) is 9.81. The number of anilines is 1. The van der Waals surface area contributed by atoms with Crippen molar-refractivity contribution in [3.63, 3.8) is 0 Å². The van der Waals surface area contributed by atoms with Crippen molar-refractivity contribution in [3.8, 4) is 11.8 Å². The molecule has 1 fully saturated rings. The fraction of sp³-hybridized carbons (Fsp3) is 0.238. The molecule has 0 radical (unpaired) electrons. The fourth-order valence-corrected chi connectivity index (χ4v) is 4.69. The van der Waals surface area contributed by atoms with E-state index < -0.39 is 0 Å². The van der Waals surface area contributed by atoms with E-state index in [9.17, 15) is 14.4 Å². The summed E-state index contributed by atoms with van der Waals surface area (Å²) in [4.78, 5) is 16.6. The standard InChI is InChI=1S/C21H18FN3O2S/c1-27-17-4-2-3-14(9-17)18-10-20(26)25-12-24(13-28-21(25)19(18)11-23)16-7-5-15(22)6-8-16/h2-9,18H,10,12-13H2,1H3/t18-/m0/s1. The topological polar surface area (TPSA) is 56.6 Å². The summed E-state index contributed by atoms with van der Waals surface area (Å²) in [5.41, 5.74) is 2.35. The summed E-state index contributed by atoms with van der Waals surface area (Å²) in [5, 5.41) is 10.6. The molecule has 0 aliphatic carbocycles. The number of methoxy groups -OCH3 is 1. The number of thioether (sulfide) groups is 1. The van der Waals surface area contributed by atoms with Crippen LogP contribution in [0.1, 0.15) is 17.9 Å². The molecule has 0 aromatic heterocycles. The predicted octanol–water partition coefficient (Wildman–Crippen LogP) is 4.05. The lowest BCUT2D eigenvalue weighted by atomic mass is 9.86. The van der Waals surface area contributed by atoms with Crippen LogP contribution in [0.5, 0.6) is 5.75 Å². The number of benzene rings is 2. The summed E-state index contributed by atoms with van der Waals surface area (Å²) >= 11 is 1.46. The third-order valence-electron chi connectivity index (χ3n) is 4.98. The van der Waals surface area contributed by atoms with E-state index in [2.05, 4.69) is 6.07 Å². The molecule has 1 atom stereocenters. The van der Waals surface area contributed by atoms with Crippen molar-refractivity contribution in [1.29, 1.82) is 5.26 Å². The largest absolute Gasteiger partial charge is 0.497 e. The van der Waals surface area contributed by atoms with Crippen LogP contribution in [0.25, 0.3) is 0 Å². The van der Waals surface area contributed by atoms with E-state index >= 15 is 0 Å². The molecule has 1 saturated heterocycles. The van der Waals surface area contributed by atoms with Crippen molar-refractivity contribution in [2.24, 2.45) is 0 Å². The van der Waals surface area contributed by atoms with Gasteiger partial charge in [-0.2, -0.15) is 5.26 Å². The van der Waals surface area contributed by atoms with Crippen molar-refractivity contribution in [2.75, 3.05) is 24.6 Å². The summed E-state index contributed by atoms with van der Waals surface area (Å²) in [6, 6.07) is 16.0. The van der Waals surface area contributed by atoms with Crippen LogP contribution < -0.4 is 9.64 Å². The Labute approximate surface area is 167 Å². The summed E-state index contributed by atoms with van der Waals surface area (Å²) in [6.45, 7) is 0.350. The van der Waals surface area contributed by atoms with Gasteiger partial charge in [0.05, 0.1) is 36.3 Å². The molecule has 0 spiro atoms. The van der Waals surface area contributed by atoms with Gasteiger partial charge >= 0.3 is 0 Å². The van der Waals surface area contributed by atoms with E-state index in [1.165, 1.54) is 23.9 Å². The van der Waals surface area contributed by atoms with Gasteiger partial charge in [-0.15, -0.1) is 0 Å². The Kier molecular flexibility index (Phi) is 4.97. The van der Waals surface area contributed by atoms with Crippen LogP contribution in [0.15, 0.2) is 59.1 Å². The summed E-state index contributed by atoms with van der Waals surface area (Å²) in [5.74, 6) is 0.690. The third kappa shape index (κ3) is 3.32. The van der Waals surface area contributed by atoms with Gasteiger partial charge in [0.2, 0.25) is 5.91 Å². The Morgan fingerprint density at radius 3 is 2.75 bits per heavy atom. The van der Waals surface area contributed by atoms with Gasteiger partial charge in [-0.3, -0.25) is 9.69 Å². The number of nitrogens with zero attached hydrogens (tertiary/aromatic N) is 3. The van der Waals surface area contributed by atoms with Crippen LogP contribution in [0.4, 0.5) is 10.1 Å². The van der Waals surface area contributed by atoms with Gasteiger partial charge < -0.3 is 9.64 Å². The Morgan fingerprint density at radius 1 is 1.25 bits per heavy atom. The van der Waals surface area contributed by atoms with Gasteiger partial charge in [-0.25, -0.2) is 4.39 Å². The number of nitriles is 1. The zero-order valence-corrected chi connectivity index (χ0v) is 16.1. The zero-order chi connectivity index (χ0) is 19.7. The minimum Gasteiger partial charge on any atom is -0.497 e. The lowest BCUT2D eigenvalue weighted by molar-refractivity contribution is -0.129. The smallest absolute Gasteiger partial charge is 0.229 e. The number of ether oxygens (including phenoxy) is 1. The van der Waals surface area contributed by atoms with Gasteiger partial charge in [0.1, 0.15) is 11.6 Å². The molecule has 142 valence electrons. The van der Waals surface area contributed by atoms with Crippen LogP contribution in [0.2, 0.25) is 0 Å². The highest BCUT2D eigenvalue weighted by molar-refractivity contribution is 8.03. The molecule has 0 bridgehead atoms. The average molecular weight is 395 g/mol. The van der Waals surface area contributed by atoms with E-state index in [1.807, 2.05) is 29.2 Å². The van der Waals surface area contributed by atoms with Gasteiger partial charge in [-0.1, -0.05) is 23.9 Å². The molecule has 7 heteroatoms. The predicted molar refractivity (Wildman–Crippen MR) is 106 cm³/mol. The number of allylic oxidation sites excluding steroid dienone is 1. The molecule has 2 aliphatic rings. The average Bonchev–Trinajstić information content (AvgIpc) is 2.74. The van der Waals surface area contributed by atoms with Crippen LogP contribution in [0, 0.1) is 17.1 Å². The second kappa shape index (κ2) is 7.56. The maximum absolute atomic E-state index is 13.2. The SMILES string of the molecule is COc1cccc([C@@H]2CC(=O)N3CN(c4ccc(F)cc4)CSC3=C2C#N)c1. The van der Waals surface area contributed by atoms with Crippen LogP contribution >= 0.6 is 11.8 Å². The van der Waals surface area contributed by atoms with Crippen molar-refractivity contribution >= 4 is 23.4 Å². The van der Waals surface area contributed by atoms with E-state index in [1.54, 1.807) is 24.1 Å². The van der Waals surface area contributed by atoms with Gasteiger partial charge in [0, 0.05) is 18.0 Å². The second-order valence-electron chi connectivity index (χ2n) is 6.62. The molecule has 5 nitrogen and oxygen atoms in total. The van der Waals surface area contributed by atoms with E-state index in [0.717, 1.165) is 11.3 Å². The normalized spacial score (nSPS) is 19.3. The second-order valence-corrected chi connectivity index (χ2v) is 7.55. The number of hydrogen-bond donors (Lipinski definition) is 0. The molecule has 0 saturated carbocycles. The lowest BCUT2D eigenvalue weighted by Gasteiger charge is -2.42. The van der Waals surface area contributed by atoms with Gasteiger partial charge in [0.15, 0.2) is 0 Å². The summed E-state index contributed by atoms with van der Waals surface area (Å²) in [7, 11) is 1.59. The van der Waals surface area contributed by atoms with Crippen molar-refractivity contribution in [3.05, 3.63) is 70.5 Å². The number of halogens is 1. The number of hydrogen-bond acceptors (Lipinski definition) is 5. The third-order valence-corrected chi connectivity index (χ3v) is 6.14. The first kappa shape index (κ1) is 18.4. The monoisotopic (exact) mass is 395 g/mol. The van der Waals surface area contributed by atoms with E-state index in [4.69, 9.17) is 4.74 Å². The van der Waals surface area contributed by atoms with E-state index in [0.29, 0.717) is 28.9 Å². The van der Waals surface area contributed by atoms with Crippen molar-refractivity contribution < 1.29 is 13.9 Å². The zero-order valence-electron chi connectivity index (χ0n) is 15.3. The fourth-order valence-electron chi connectivity index (χ4n) is 3.52. The molecule has 2 heterocycles. The first-order chi connectivity index (χ1) is 13.6. The number of rotatable bonds is 3. The molecule has 0 N–H and O–H groups in total. The number of amides is 1. The maximum Gasteiger partial charge on any atom is 0.229 e. The molecule has 28 heavy (non-hydrogen) atoms. The molecule has 2 aromatic rings. The highest BCUT2D eigenvalue weighted by Crippen LogP contribution is 2.43. The molecule has 2 aromatic carbocycles. The Hall–Kier alpha value is -2.98. The molecule has 4 rings (SSSR count). The highest BCUT2D eigenvalue weighted by atomic mass is 32.2. The quantitative estimate of drug-likeness (QED) is 0.785.